The lowest BCUT2D eigenvalue weighted by Gasteiger charge is -2.51. The average Bonchev–Trinajstić information content (AvgIpc) is 2.41. The van der Waals surface area contributed by atoms with Crippen LogP contribution in [0.25, 0.3) is 0 Å². The molecule has 1 aromatic heterocycles. The Bertz CT molecular complexity index is 595. The molecule has 1 aromatic rings. The van der Waals surface area contributed by atoms with Crippen molar-refractivity contribution in [2.45, 2.75) is 57.5 Å². The van der Waals surface area contributed by atoms with E-state index in [2.05, 4.69) is 20.8 Å². The number of carbonyl (C=O) groups is 2. The van der Waals surface area contributed by atoms with Crippen LogP contribution < -0.4 is 10.6 Å². The number of carbonyl (C=O) groups excluding carboxylic acids is 2. The zero-order chi connectivity index (χ0) is 15.0. The van der Waals surface area contributed by atoms with E-state index in [1.807, 2.05) is 6.92 Å². The van der Waals surface area contributed by atoms with Crippen molar-refractivity contribution in [2.75, 3.05) is 0 Å². The quantitative estimate of drug-likeness (QED) is 0.851. The van der Waals surface area contributed by atoms with Gasteiger partial charge in [0.05, 0.1) is 28.5 Å². The number of rotatable bonds is 2. The van der Waals surface area contributed by atoms with Crippen molar-refractivity contribution in [2.24, 2.45) is 0 Å². The first-order chi connectivity index (χ1) is 10.00. The summed E-state index contributed by atoms with van der Waals surface area (Å²) >= 11 is 0. The number of amides is 2. The molecule has 2 amide bonds. The predicted octanol–water partition coefficient (Wildman–Crippen LogP) is 1.02. The minimum absolute atomic E-state index is 0.00400. The Hall–Kier alpha value is -1.98. The molecule has 6 nitrogen and oxygen atoms in total. The number of nitrogens with one attached hydrogen (secondary N) is 2. The lowest BCUT2D eigenvalue weighted by Crippen LogP contribution is -2.68. The first-order valence-corrected chi connectivity index (χ1v) is 7.43. The van der Waals surface area contributed by atoms with E-state index in [4.69, 9.17) is 0 Å². The van der Waals surface area contributed by atoms with Gasteiger partial charge in [0.15, 0.2) is 0 Å². The minimum Gasteiger partial charge on any atom is -0.349 e. The van der Waals surface area contributed by atoms with Gasteiger partial charge in [-0.2, -0.15) is 10.2 Å². The van der Waals surface area contributed by atoms with Gasteiger partial charge in [0.25, 0.3) is 5.91 Å². The van der Waals surface area contributed by atoms with Crippen LogP contribution in [-0.2, 0) is 4.79 Å². The molecule has 2 fully saturated rings. The van der Waals surface area contributed by atoms with Gasteiger partial charge < -0.3 is 10.6 Å². The number of nitrogens with zero attached hydrogens (tertiary/aromatic N) is 2. The molecule has 0 radical (unpaired) electrons. The fraction of sp³-hybridized carbons (Fsp3) is 0.600. The molecular formula is C15H20N4O2. The number of piperidine rings is 1. The van der Waals surface area contributed by atoms with Crippen molar-refractivity contribution in [3.05, 3.63) is 23.0 Å². The summed E-state index contributed by atoms with van der Waals surface area (Å²) in [6.45, 7) is 3.60. The minimum atomic E-state index is -0.228. The van der Waals surface area contributed by atoms with Crippen LogP contribution in [0.1, 0.15) is 53.8 Å². The highest BCUT2D eigenvalue weighted by molar-refractivity contribution is 5.95. The summed E-state index contributed by atoms with van der Waals surface area (Å²) in [7, 11) is 0. The molecule has 1 saturated heterocycles. The first kappa shape index (κ1) is 14.0. The maximum atomic E-state index is 12.5. The largest absolute Gasteiger partial charge is 0.349 e. The zero-order valence-corrected chi connectivity index (χ0v) is 12.4. The van der Waals surface area contributed by atoms with E-state index in [1.54, 1.807) is 13.0 Å². The molecule has 1 atom stereocenters. The Morgan fingerprint density at radius 3 is 2.81 bits per heavy atom. The molecule has 0 bridgehead atoms. The van der Waals surface area contributed by atoms with Crippen molar-refractivity contribution >= 4 is 11.8 Å². The summed E-state index contributed by atoms with van der Waals surface area (Å²) in [5.74, 6) is -0.0317. The number of hydrogen-bond donors (Lipinski definition) is 2. The van der Waals surface area contributed by atoms with Gasteiger partial charge in [-0.15, -0.1) is 0 Å². The maximum absolute atomic E-state index is 12.5. The molecule has 1 aliphatic heterocycles. The topological polar surface area (TPSA) is 84.0 Å². The molecule has 21 heavy (non-hydrogen) atoms. The summed E-state index contributed by atoms with van der Waals surface area (Å²) < 4.78 is 0. The molecule has 2 aliphatic rings. The molecule has 1 spiro atoms. The van der Waals surface area contributed by atoms with Gasteiger partial charge in [0, 0.05) is 6.42 Å². The van der Waals surface area contributed by atoms with Gasteiger partial charge in [-0.25, -0.2) is 0 Å². The second-order valence-corrected chi connectivity index (χ2v) is 6.11. The molecule has 1 aliphatic carbocycles. The Balaban J connectivity index is 1.77. The lowest BCUT2D eigenvalue weighted by atomic mass is 9.68. The summed E-state index contributed by atoms with van der Waals surface area (Å²) in [4.78, 5) is 24.1. The monoisotopic (exact) mass is 288 g/mol. The van der Waals surface area contributed by atoms with Crippen LogP contribution >= 0.6 is 0 Å². The van der Waals surface area contributed by atoms with Crippen LogP contribution in [0.2, 0.25) is 0 Å². The van der Waals surface area contributed by atoms with Crippen molar-refractivity contribution in [3.63, 3.8) is 0 Å². The van der Waals surface area contributed by atoms with E-state index >= 15 is 0 Å². The average molecular weight is 288 g/mol. The first-order valence-electron chi connectivity index (χ1n) is 7.43. The van der Waals surface area contributed by atoms with Gasteiger partial charge in [0.2, 0.25) is 5.91 Å². The number of hydrogen-bond acceptors (Lipinski definition) is 4. The Labute approximate surface area is 123 Å². The third-order valence-electron chi connectivity index (χ3n) is 4.61. The summed E-state index contributed by atoms with van der Waals surface area (Å²) in [5, 5.41) is 14.1. The second-order valence-electron chi connectivity index (χ2n) is 6.11. The fourth-order valence-electron chi connectivity index (χ4n) is 3.24. The Morgan fingerprint density at radius 1 is 1.38 bits per heavy atom. The molecule has 2 heterocycles. The van der Waals surface area contributed by atoms with Crippen LogP contribution in [0.4, 0.5) is 0 Å². The van der Waals surface area contributed by atoms with Crippen LogP contribution in [0.3, 0.4) is 0 Å². The van der Waals surface area contributed by atoms with Crippen molar-refractivity contribution in [1.82, 2.24) is 20.8 Å². The summed E-state index contributed by atoms with van der Waals surface area (Å²) in [5.41, 5.74) is 1.68. The summed E-state index contributed by atoms with van der Waals surface area (Å²) in [6.07, 6.45) is 4.15. The van der Waals surface area contributed by atoms with Gasteiger partial charge >= 0.3 is 0 Å². The third kappa shape index (κ3) is 2.50. The highest BCUT2D eigenvalue weighted by atomic mass is 16.2. The fourth-order valence-corrected chi connectivity index (χ4v) is 3.24. The molecule has 6 heteroatoms. The number of aromatic nitrogens is 2. The highest BCUT2D eigenvalue weighted by Crippen LogP contribution is 2.39. The van der Waals surface area contributed by atoms with Crippen LogP contribution in [0.5, 0.6) is 0 Å². The molecule has 112 valence electrons. The molecule has 1 unspecified atom stereocenters. The van der Waals surface area contributed by atoms with E-state index in [-0.39, 0.29) is 23.4 Å². The van der Waals surface area contributed by atoms with E-state index in [1.165, 1.54) is 0 Å². The molecule has 3 rings (SSSR count). The van der Waals surface area contributed by atoms with E-state index in [0.29, 0.717) is 24.1 Å². The van der Waals surface area contributed by atoms with E-state index < -0.39 is 0 Å². The normalized spacial score (nSPS) is 23.3. The van der Waals surface area contributed by atoms with Gasteiger partial charge in [-0.05, 0) is 45.6 Å². The Kier molecular flexibility index (Phi) is 3.39. The smallest absolute Gasteiger partial charge is 0.253 e. The highest BCUT2D eigenvalue weighted by Gasteiger charge is 2.48. The van der Waals surface area contributed by atoms with Crippen LogP contribution in [-0.4, -0.2) is 33.6 Å². The predicted molar refractivity (Wildman–Crippen MR) is 76.7 cm³/mol. The molecule has 0 aromatic carbocycles. The molecular weight excluding hydrogens is 268 g/mol. The SMILES string of the molecule is Cc1cc(C(=O)NC2CCC(=O)NC23CCC3)c(C)nn1. The van der Waals surface area contributed by atoms with E-state index in [0.717, 1.165) is 25.0 Å². The molecule has 1 saturated carbocycles. The van der Waals surface area contributed by atoms with Gasteiger partial charge in [-0.3, -0.25) is 9.59 Å². The standard InChI is InChI=1S/C15H20N4O2/c1-9-8-11(10(2)19-18-9)14(21)16-12-4-5-13(20)17-15(12)6-3-7-15/h8,12H,3-7H2,1-2H3,(H,16,21)(H,17,20). The van der Waals surface area contributed by atoms with Crippen LogP contribution in [0, 0.1) is 13.8 Å². The van der Waals surface area contributed by atoms with Crippen LogP contribution in [0.15, 0.2) is 6.07 Å². The van der Waals surface area contributed by atoms with E-state index in [9.17, 15) is 9.59 Å². The Morgan fingerprint density at radius 2 is 2.14 bits per heavy atom. The van der Waals surface area contributed by atoms with Gasteiger partial charge in [0.1, 0.15) is 0 Å². The van der Waals surface area contributed by atoms with Gasteiger partial charge in [-0.1, -0.05) is 0 Å². The summed E-state index contributed by atoms with van der Waals surface area (Å²) in [6, 6.07) is 1.76. The maximum Gasteiger partial charge on any atom is 0.253 e. The third-order valence-corrected chi connectivity index (χ3v) is 4.61. The lowest BCUT2D eigenvalue weighted by molar-refractivity contribution is -0.127. The van der Waals surface area contributed by atoms with Crippen molar-refractivity contribution in [3.8, 4) is 0 Å². The van der Waals surface area contributed by atoms with Crippen molar-refractivity contribution in [1.29, 1.82) is 0 Å². The number of aryl methyl sites for hydroxylation is 2. The zero-order valence-electron chi connectivity index (χ0n) is 12.4. The second kappa shape index (κ2) is 5.09. The van der Waals surface area contributed by atoms with Crippen molar-refractivity contribution < 1.29 is 9.59 Å². The molecule has 2 N–H and O–H groups in total.